The highest BCUT2D eigenvalue weighted by atomic mass is 127. The van der Waals surface area contributed by atoms with Gasteiger partial charge in [0.2, 0.25) is 0 Å². The lowest BCUT2D eigenvalue weighted by Crippen LogP contribution is -2.38. The van der Waals surface area contributed by atoms with E-state index < -0.39 is 0 Å². The molecule has 2 aromatic rings. The second kappa shape index (κ2) is 10.9. The summed E-state index contributed by atoms with van der Waals surface area (Å²) in [7, 11) is 0. The Hall–Kier alpha value is -1.77. The first-order valence-corrected chi connectivity index (χ1v) is 7.55. The molecule has 0 unspecified atom stereocenters. The molecule has 0 saturated carbocycles. The van der Waals surface area contributed by atoms with E-state index in [0.717, 1.165) is 5.56 Å². The number of aliphatic imine (C=N–C) groups is 1. The molecule has 130 valence electrons. The van der Waals surface area contributed by atoms with Crippen LogP contribution in [0, 0.1) is 11.6 Å². The second-order valence-electron chi connectivity index (χ2n) is 4.93. The smallest absolute Gasteiger partial charge is 0.191 e. The average molecular weight is 446 g/mol. The van der Waals surface area contributed by atoms with Gasteiger partial charge in [-0.15, -0.1) is 24.0 Å². The number of hydrogen-bond donors (Lipinski definition) is 2. The Kier molecular flexibility index (Phi) is 9.21. The first-order chi connectivity index (χ1) is 11.2. The van der Waals surface area contributed by atoms with Crippen molar-refractivity contribution in [1.29, 1.82) is 0 Å². The van der Waals surface area contributed by atoms with Crippen molar-refractivity contribution in [3.63, 3.8) is 0 Å². The summed E-state index contributed by atoms with van der Waals surface area (Å²) in [6.07, 6.45) is 2.21. The number of nitrogens with zero attached hydrogens (tertiary/aromatic N) is 2. The molecule has 0 bridgehead atoms. The zero-order valence-corrected chi connectivity index (χ0v) is 15.8. The van der Waals surface area contributed by atoms with Gasteiger partial charge in [-0.1, -0.05) is 12.1 Å². The zero-order valence-electron chi connectivity index (χ0n) is 13.4. The van der Waals surface area contributed by atoms with Crippen LogP contribution in [0.3, 0.4) is 0 Å². The molecule has 0 aliphatic heterocycles. The Morgan fingerprint density at radius 1 is 1.17 bits per heavy atom. The molecule has 0 fully saturated rings. The highest BCUT2D eigenvalue weighted by Crippen LogP contribution is 2.04. The molecule has 1 aromatic heterocycles. The lowest BCUT2D eigenvalue weighted by atomic mass is 10.1. The normalized spacial score (nSPS) is 10.9. The lowest BCUT2D eigenvalue weighted by molar-refractivity contribution is 0.599. The number of nitrogens with one attached hydrogen (secondary N) is 2. The van der Waals surface area contributed by atoms with Crippen LogP contribution in [0.5, 0.6) is 0 Å². The molecule has 7 heteroatoms. The van der Waals surface area contributed by atoms with Gasteiger partial charge >= 0.3 is 0 Å². The van der Waals surface area contributed by atoms with Gasteiger partial charge in [0, 0.05) is 19.3 Å². The third-order valence-corrected chi connectivity index (χ3v) is 3.16. The molecule has 0 saturated heterocycles. The lowest BCUT2D eigenvalue weighted by Gasteiger charge is -2.11. The monoisotopic (exact) mass is 446 g/mol. The third-order valence-electron chi connectivity index (χ3n) is 3.16. The first-order valence-electron chi connectivity index (χ1n) is 7.55. The van der Waals surface area contributed by atoms with Crippen molar-refractivity contribution in [2.24, 2.45) is 4.99 Å². The van der Waals surface area contributed by atoms with Crippen LogP contribution in [-0.2, 0) is 13.0 Å². The Bertz CT molecular complexity index is 665. The summed E-state index contributed by atoms with van der Waals surface area (Å²) in [6.45, 7) is 3.39. The molecular weight excluding hydrogens is 425 g/mol. The molecule has 0 atom stereocenters. The fraction of sp³-hybridized carbons (Fsp3) is 0.294. The van der Waals surface area contributed by atoms with Crippen LogP contribution in [0.4, 0.5) is 8.78 Å². The van der Waals surface area contributed by atoms with Crippen LogP contribution < -0.4 is 10.6 Å². The largest absolute Gasteiger partial charge is 0.357 e. The van der Waals surface area contributed by atoms with E-state index in [2.05, 4.69) is 20.6 Å². The van der Waals surface area contributed by atoms with Crippen molar-refractivity contribution in [3.05, 3.63) is 65.5 Å². The maximum Gasteiger partial charge on any atom is 0.191 e. The summed E-state index contributed by atoms with van der Waals surface area (Å²) in [4.78, 5) is 8.28. The number of pyridine rings is 1. The van der Waals surface area contributed by atoms with Gasteiger partial charge in [-0.3, -0.25) is 4.98 Å². The van der Waals surface area contributed by atoms with Crippen LogP contribution in [0.15, 0.2) is 47.6 Å². The standard InChI is InChI=1S/C17H20F2N4.HI/c1-2-20-17(23-12-16-15(19)7-4-9-21-16)22-10-8-13-5-3-6-14(18)11-13;/h3-7,9,11H,2,8,10,12H2,1H3,(H2,20,22,23);1H. The second-order valence-corrected chi connectivity index (χ2v) is 4.93. The summed E-state index contributed by atoms with van der Waals surface area (Å²) in [5.74, 6) is -0.0329. The molecule has 0 amide bonds. The Labute approximate surface area is 157 Å². The fourth-order valence-corrected chi connectivity index (χ4v) is 2.05. The molecule has 0 radical (unpaired) electrons. The van der Waals surface area contributed by atoms with Crippen LogP contribution in [0.1, 0.15) is 18.2 Å². The summed E-state index contributed by atoms with van der Waals surface area (Å²) in [5.41, 5.74) is 1.21. The highest BCUT2D eigenvalue weighted by molar-refractivity contribution is 14.0. The van der Waals surface area contributed by atoms with Gasteiger partial charge in [-0.05, 0) is 43.2 Å². The fourth-order valence-electron chi connectivity index (χ4n) is 2.05. The minimum atomic E-state index is -0.369. The van der Waals surface area contributed by atoms with Gasteiger partial charge in [0.1, 0.15) is 11.6 Å². The average Bonchev–Trinajstić information content (AvgIpc) is 2.54. The molecule has 1 aromatic carbocycles. The molecule has 2 N–H and O–H groups in total. The van der Waals surface area contributed by atoms with Crippen molar-refractivity contribution < 1.29 is 8.78 Å². The van der Waals surface area contributed by atoms with Crippen molar-refractivity contribution in [1.82, 2.24) is 15.6 Å². The predicted octanol–water partition coefficient (Wildman–Crippen LogP) is 3.28. The van der Waals surface area contributed by atoms with Crippen molar-refractivity contribution >= 4 is 29.9 Å². The molecule has 24 heavy (non-hydrogen) atoms. The summed E-state index contributed by atoms with van der Waals surface area (Å²) < 4.78 is 26.7. The van der Waals surface area contributed by atoms with Gasteiger partial charge in [0.05, 0.1) is 12.2 Å². The Morgan fingerprint density at radius 2 is 2.00 bits per heavy atom. The topological polar surface area (TPSA) is 49.3 Å². The number of halogens is 3. The summed E-state index contributed by atoms with van der Waals surface area (Å²) >= 11 is 0. The number of hydrogen-bond acceptors (Lipinski definition) is 2. The molecule has 0 aliphatic rings. The summed E-state index contributed by atoms with van der Waals surface area (Å²) in [5, 5.41) is 6.23. The van der Waals surface area contributed by atoms with Crippen LogP contribution >= 0.6 is 24.0 Å². The molecule has 4 nitrogen and oxygen atoms in total. The van der Waals surface area contributed by atoms with Gasteiger partial charge in [0.15, 0.2) is 5.96 Å². The zero-order chi connectivity index (χ0) is 16.5. The van der Waals surface area contributed by atoms with E-state index in [9.17, 15) is 8.78 Å². The summed E-state index contributed by atoms with van der Waals surface area (Å²) in [6, 6.07) is 9.40. The Morgan fingerprint density at radius 3 is 2.71 bits per heavy atom. The van der Waals surface area contributed by atoms with Gasteiger partial charge in [-0.25, -0.2) is 13.8 Å². The molecule has 1 heterocycles. The van der Waals surface area contributed by atoms with E-state index in [1.165, 1.54) is 24.4 Å². The minimum absolute atomic E-state index is 0. The quantitative estimate of drug-likeness (QED) is 0.407. The van der Waals surface area contributed by atoms with Gasteiger partial charge in [-0.2, -0.15) is 0 Å². The van der Waals surface area contributed by atoms with Crippen LogP contribution in [0.2, 0.25) is 0 Å². The van der Waals surface area contributed by atoms with E-state index in [4.69, 9.17) is 0 Å². The van der Waals surface area contributed by atoms with Crippen molar-refractivity contribution in [2.75, 3.05) is 13.1 Å². The SMILES string of the molecule is CCNC(=NCc1ncccc1F)NCCc1cccc(F)c1.I. The number of rotatable bonds is 6. The number of aromatic nitrogens is 1. The number of benzene rings is 1. The third kappa shape index (κ3) is 6.77. The molecule has 0 aliphatic carbocycles. The van der Waals surface area contributed by atoms with E-state index in [1.54, 1.807) is 12.1 Å². The van der Waals surface area contributed by atoms with Gasteiger partial charge in [0.25, 0.3) is 0 Å². The van der Waals surface area contributed by atoms with Crippen molar-refractivity contribution in [3.8, 4) is 0 Å². The maximum absolute atomic E-state index is 13.5. The van der Waals surface area contributed by atoms with E-state index in [-0.39, 0.29) is 42.2 Å². The van der Waals surface area contributed by atoms with E-state index in [0.29, 0.717) is 31.2 Å². The minimum Gasteiger partial charge on any atom is -0.357 e. The molecule has 0 spiro atoms. The maximum atomic E-state index is 13.5. The van der Waals surface area contributed by atoms with Crippen molar-refractivity contribution in [2.45, 2.75) is 19.9 Å². The van der Waals surface area contributed by atoms with Crippen LogP contribution in [0.25, 0.3) is 0 Å². The highest BCUT2D eigenvalue weighted by Gasteiger charge is 2.03. The van der Waals surface area contributed by atoms with E-state index >= 15 is 0 Å². The molecular formula is C17H21F2IN4. The van der Waals surface area contributed by atoms with Crippen LogP contribution in [-0.4, -0.2) is 24.0 Å². The predicted molar refractivity (Wildman–Crippen MR) is 103 cm³/mol. The Balaban J connectivity index is 0.00000288. The molecule has 2 rings (SSSR count). The van der Waals surface area contributed by atoms with Gasteiger partial charge < -0.3 is 10.6 Å². The number of guanidine groups is 1. The van der Waals surface area contributed by atoms with E-state index in [1.807, 2.05) is 13.0 Å². The first kappa shape index (κ1) is 20.3.